The van der Waals surface area contributed by atoms with Gasteiger partial charge >= 0.3 is 5.97 Å². The fraction of sp³-hybridized carbons (Fsp3) is 0.219. The average Bonchev–Trinajstić information content (AvgIpc) is 3.49. The van der Waals surface area contributed by atoms with E-state index in [4.69, 9.17) is 25.8 Å². The molecule has 5 aromatic rings. The van der Waals surface area contributed by atoms with Crippen molar-refractivity contribution in [3.8, 4) is 22.6 Å². The highest BCUT2D eigenvalue weighted by molar-refractivity contribution is 9.10. The Morgan fingerprint density at radius 1 is 0.953 bits per heavy atom. The number of rotatable bonds is 13. The summed E-state index contributed by atoms with van der Waals surface area (Å²) in [5.74, 6) is 0.425. The lowest BCUT2D eigenvalue weighted by molar-refractivity contribution is -0.146. The number of esters is 1. The number of nitrogens with zero attached hydrogens (tertiary/aromatic N) is 2. The minimum absolute atomic E-state index is 0.194. The molecule has 1 atom stereocenters. The Morgan fingerprint density at radius 2 is 1.74 bits per heavy atom. The van der Waals surface area contributed by atoms with E-state index in [2.05, 4.69) is 48.2 Å². The van der Waals surface area contributed by atoms with Crippen LogP contribution in [0, 0.1) is 0 Å². The van der Waals surface area contributed by atoms with Gasteiger partial charge in [0, 0.05) is 28.2 Å². The minimum atomic E-state index is -0.892. The second-order valence-electron chi connectivity index (χ2n) is 9.57. The van der Waals surface area contributed by atoms with E-state index < -0.39 is 18.6 Å². The molecule has 222 valence electrons. The number of ether oxygens (including phenoxy) is 3. The van der Waals surface area contributed by atoms with Crippen LogP contribution in [0.1, 0.15) is 23.6 Å². The van der Waals surface area contributed by atoms with Gasteiger partial charge in [0.2, 0.25) is 0 Å². The molecule has 0 fully saturated rings. The lowest BCUT2D eigenvalue weighted by Crippen LogP contribution is -2.40. The molecule has 0 spiro atoms. The van der Waals surface area contributed by atoms with Crippen molar-refractivity contribution in [1.82, 2.24) is 14.1 Å². The molecule has 0 bridgehead atoms. The molecule has 0 saturated heterocycles. The molecule has 0 unspecified atom stereocenters. The number of hydrogen-bond acceptors (Lipinski definition) is 9. The molecule has 0 aliphatic carbocycles. The smallest absolute Gasteiger partial charge is 0.325 e. The van der Waals surface area contributed by atoms with Gasteiger partial charge in [-0.3, -0.25) is 10.1 Å². The third kappa shape index (κ3) is 7.70. The van der Waals surface area contributed by atoms with Crippen molar-refractivity contribution in [2.24, 2.45) is 0 Å². The first-order valence-electron chi connectivity index (χ1n) is 13.6. The summed E-state index contributed by atoms with van der Waals surface area (Å²) in [5.41, 5.74) is 6.34. The van der Waals surface area contributed by atoms with Gasteiger partial charge < -0.3 is 19.3 Å². The summed E-state index contributed by atoms with van der Waals surface area (Å²) >= 11 is 11.6. The van der Waals surface area contributed by atoms with Crippen molar-refractivity contribution < 1.29 is 24.1 Å². The van der Waals surface area contributed by atoms with E-state index in [1.54, 1.807) is 19.1 Å². The quantitative estimate of drug-likeness (QED) is 0.129. The SMILES string of the molecule is CCOC(=O)[C@@H](CO)NCc1cc(Cl)c(OCc2cccc(-c3ccccc3)c2Br)cc1OCc1ccc2nsnc2c1. The lowest BCUT2D eigenvalue weighted by atomic mass is 10.0. The number of fused-ring (bicyclic) bond motifs is 1. The number of aromatic nitrogens is 2. The summed E-state index contributed by atoms with van der Waals surface area (Å²) in [4.78, 5) is 12.2. The maximum absolute atomic E-state index is 12.2. The maximum Gasteiger partial charge on any atom is 0.325 e. The molecule has 0 saturated carbocycles. The molecule has 5 rings (SSSR count). The largest absolute Gasteiger partial charge is 0.488 e. The summed E-state index contributed by atoms with van der Waals surface area (Å²) in [6.07, 6.45) is 0. The van der Waals surface area contributed by atoms with Crippen LogP contribution in [0.4, 0.5) is 0 Å². The number of carbonyl (C=O) groups is 1. The van der Waals surface area contributed by atoms with E-state index in [-0.39, 0.29) is 26.4 Å². The van der Waals surface area contributed by atoms with Crippen molar-refractivity contribution in [1.29, 1.82) is 0 Å². The number of aliphatic hydroxyl groups excluding tert-OH is 1. The van der Waals surface area contributed by atoms with Gasteiger partial charge in [-0.15, -0.1) is 0 Å². The van der Waals surface area contributed by atoms with Gasteiger partial charge in [0.05, 0.1) is 30.0 Å². The molecule has 2 N–H and O–H groups in total. The van der Waals surface area contributed by atoms with E-state index in [9.17, 15) is 9.90 Å². The van der Waals surface area contributed by atoms with E-state index in [1.807, 2.05) is 48.5 Å². The molecule has 4 aromatic carbocycles. The first-order valence-corrected chi connectivity index (χ1v) is 15.5. The van der Waals surface area contributed by atoms with Gasteiger partial charge in [0.25, 0.3) is 0 Å². The molecule has 43 heavy (non-hydrogen) atoms. The fourth-order valence-corrected chi connectivity index (χ4v) is 5.79. The first-order chi connectivity index (χ1) is 21.0. The third-order valence-corrected chi connectivity index (χ3v) is 8.46. The van der Waals surface area contributed by atoms with Crippen LogP contribution in [0.2, 0.25) is 5.02 Å². The van der Waals surface area contributed by atoms with Crippen LogP contribution in [0.15, 0.2) is 83.3 Å². The average molecular weight is 683 g/mol. The summed E-state index contributed by atoms with van der Waals surface area (Å²) in [6.45, 7) is 2.23. The second-order valence-corrected chi connectivity index (χ2v) is 11.3. The van der Waals surface area contributed by atoms with Gasteiger partial charge in [-0.2, -0.15) is 8.75 Å². The minimum Gasteiger partial charge on any atom is -0.488 e. The number of carbonyl (C=O) groups excluding carboxylic acids is 1. The molecule has 0 amide bonds. The normalized spacial score (nSPS) is 11.8. The van der Waals surface area contributed by atoms with E-state index >= 15 is 0 Å². The standard InChI is InChI=1S/C32H29BrClN3O5S/c1-2-40-32(39)28(17-38)35-16-23-14-25(34)30(15-29(23)41-18-20-11-12-26-27(13-20)37-43-36-26)42-19-22-9-6-10-24(31(22)33)21-7-4-3-5-8-21/h3-15,28,35,38H,2,16-19H2,1H3/t28-/m1/s1. The van der Waals surface area contributed by atoms with Gasteiger partial charge in [0.15, 0.2) is 0 Å². The molecular formula is C32H29BrClN3O5S. The molecule has 0 aliphatic rings. The van der Waals surface area contributed by atoms with Crippen LogP contribution in [-0.4, -0.2) is 39.1 Å². The zero-order valence-corrected chi connectivity index (χ0v) is 26.4. The van der Waals surface area contributed by atoms with Crippen molar-refractivity contribution in [3.05, 3.63) is 105 Å². The molecule has 0 radical (unpaired) electrons. The zero-order chi connectivity index (χ0) is 30.2. The monoisotopic (exact) mass is 681 g/mol. The number of halogens is 2. The Morgan fingerprint density at radius 3 is 2.53 bits per heavy atom. The molecule has 8 nitrogen and oxygen atoms in total. The molecule has 0 aliphatic heterocycles. The highest BCUT2D eigenvalue weighted by Gasteiger charge is 2.20. The summed E-state index contributed by atoms with van der Waals surface area (Å²) in [7, 11) is 0. The lowest BCUT2D eigenvalue weighted by Gasteiger charge is -2.19. The number of hydrogen-bond donors (Lipinski definition) is 2. The third-order valence-electron chi connectivity index (χ3n) is 6.67. The number of benzene rings is 4. The predicted octanol–water partition coefficient (Wildman–Crippen LogP) is 6.95. The van der Waals surface area contributed by atoms with Crippen LogP contribution >= 0.6 is 39.3 Å². The van der Waals surface area contributed by atoms with Crippen LogP contribution in [0.25, 0.3) is 22.2 Å². The van der Waals surface area contributed by atoms with Crippen LogP contribution < -0.4 is 14.8 Å². The molecular weight excluding hydrogens is 654 g/mol. The van der Waals surface area contributed by atoms with Gasteiger partial charge in [-0.1, -0.05) is 66.2 Å². The van der Waals surface area contributed by atoms with Crippen LogP contribution in [0.3, 0.4) is 0 Å². The van der Waals surface area contributed by atoms with E-state index in [1.165, 1.54) is 0 Å². The summed E-state index contributed by atoms with van der Waals surface area (Å²) in [6, 6.07) is 24.5. The molecule has 11 heteroatoms. The highest BCUT2D eigenvalue weighted by Crippen LogP contribution is 2.36. The fourth-order valence-electron chi connectivity index (χ4n) is 4.42. The maximum atomic E-state index is 12.2. The van der Waals surface area contributed by atoms with Crippen molar-refractivity contribution in [2.75, 3.05) is 13.2 Å². The van der Waals surface area contributed by atoms with Crippen LogP contribution in [0.5, 0.6) is 11.5 Å². The predicted molar refractivity (Wildman–Crippen MR) is 171 cm³/mol. The molecule has 1 heterocycles. The van der Waals surface area contributed by atoms with E-state index in [0.29, 0.717) is 22.1 Å². The number of nitrogens with one attached hydrogen (secondary N) is 1. The van der Waals surface area contributed by atoms with E-state index in [0.717, 1.165) is 49.5 Å². The highest BCUT2D eigenvalue weighted by atomic mass is 79.9. The Labute approximate surface area is 267 Å². The Kier molecular flexibility index (Phi) is 10.6. The zero-order valence-electron chi connectivity index (χ0n) is 23.3. The van der Waals surface area contributed by atoms with Gasteiger partial charge in [-0.05, 0) is 57.7 Å². The van der Waals surface area contributed by atoms with Crippen LogP contribution in [-0.2, 0) is 29.3 Å². The van der Waals surface area contributed by atoms with Crippen molar-refractivity contribution in [2.45, 2.75) is 32.7 Å². The molecule has 1 aromatic heterocycles. The second kappa shape index (κ2) is 14.8. The number of aliphatic hydroxyl groups is 1. The first kappa shape index (κ1) is 30.9. The van der Waals surface area contributed by atoms with Crippen molar-refractivity contribution in [3.63, 3.8) is 0 Å². The topological polar surface area (TPSA) is 103 Å². The summed E-state index contributed by atoms with van der Waals surface area (Å²) < 4.78 is 27.0. The summed E-state index contributed by atoms with van der Waals surface area (Å²) in [5, 5.41) is 13.1. The Bertz CT molecular complexity index is 1700. The Balaban J connectivity index is 1.38. The Hall–Kier alpha value is -3.54. The van der Waals surface area contributed by atoms with Gasteiger partial charge in [0.1, 0.15) is 41.8 Å². The van der Waals surface area contributed by atoms with Crippen molar-refractivity contribution >= 4 is 56.3 Å². The van der Waals surface area contributed by atoms with Gasteiger partial charge in [-0.25, -0.2) is 0 Å².